The van der Waals surface area contributed by atoms with Crippen molar-refractivity contribution >= 4 is 17.1 Å². The van der Waals surface area contributed by atoms with Gasteiger partial charge in [-0.1, -0.05) is 13.0 Å². The van der Waals surface area contributed by atoms with Gasteiger partial charge in [0.1, 0.15) is 0 Å². The van der Waals surface area contributed by atoms with Crippen molar-refractivity contribution in [3.05, 3.63) is 40.3 Å². The lowest BCUT2D eigenvalue weighted by Crippen LogP contribution is -2.01. The SMILES string of the molecule is CCCn1cc(C(=O)Cc2cccs2)cn1. The summed E-state index contributed by atoms with van der Waals surface area (Å²) in [5, 5.41) is 6.14. The number of Topliss-reactive ketones (excluding diaryl/α,β-unsaturated/α-hetero) is 1. The van der Waals surface area contributed by atoms with E-state index in [1.807, 2.05) is 28.4 Å². The largest absolute Gasteiger partial charge is 0.294 e. The quantitative estimate of drug-likeness (QED) is 0.746. The maximum absolute atomic E-state index is 11.9. The van der Waals surface area contributed by atoms with Gasteiger partial charge < -0.3 is 0 Å². The summed E-state index contributed by atoms with van der Waals surface area (Å²) in [5.74, 6) is 0.143. The van der Waals surface area contributed by atoms with Crippen LogP contribution in [0, 0.1) is 0 Å². The molecule has 3 nitrogen and oxygen atoms in total. The molecule has 2 rings (SSSR count). The Balaban J connectivity index is 2.03. The monoisotopic (exact) mass is 234 g/mol. The first kappa shape index (κ1) is 11.1. The van der Waals surface area contributed by atoms with E-state index in [9.17, 15) is 4.79 Å². The Labute approximate surface area is 98.7 Å². The second-order valence-corrected chi connectivity index (χ2v) is 4.70. The molecule has 0 aromatic carbocycles. The molecule has 2 heterocycles. The number of aromatic nitrogens is 2. The van der Waals surface area contributed by atoms with Crippen molar-refractivity contribution in [3.63, 3.8) is 0 Å². The van der Waals surface area contributed by atoms with Crippen molar-refractivity contribution in [2.75, 3.05) is 0 Å². The molecule has 0 aliphatic heterocycles. The van der Waals surface area contributed by atoms with E-state index >= 15 is 0 Å². The molecule has 0 amide bonds. The van der Waals surface area contributed by atoms with E-state index in [1.54, 1.807) is 17.5 Å². The number of carbonyl (C=O) groups excluding carboxylic acids is 1. The Hall–Kier alpha value is -1.42. The number of nitrogens with zero attached hydrogens (tertiary/aromatic N) is 2. The molecule has 0 fully saturated rings. The van der Waals surface area contributed by atoms with Gasteiger partial charge in [0.05, 0.1) is 11.8 Å². The highest BCUT2D eigenvalue weighted by Gasteiger charge is 2.09. The number of rotatable bonds is 5. The molecule has 2 aromatic rings. The van der Waals surface area contributed by atoms with Crippen LogP contribution >= 0.6 is 11.3 Å². The number of aryl methyl sites for hydroxylation is 1. The van der Waals surface area contributed by atoms with Crippen LogP contribution in [0.1, 0.15) is 28.6 Å². The molecule has 0 saturated heterocycles. The lowest BCUT2D eigenvalue weighted by molar-refractivity contribution is 0.0993. The molecule has 0 aliphatic carbocycles. The number of thiophene rings is 1. The number of hydrogen-bond acceptors (Lipinski definition) is 3. The van der Waals surface area contributed by atoms with E-state index in [0.29, 0.717) is 12.0 Å². The lowest BCUT2D eigenvalue weighted by Gasteiger charge is -1.96. The van der Waals surface area contributed by atoms with E-state index < -0.39 is 0 Å². The lowest BCUT2D eigenvalue weighted by atomic mass is 10.1. The summed E-state index contributed by atoms with van der Waals surface area (Å²) in [6.07, 6.45) is 5.00. The molecule has 2 aromatic heterocycles. The Morgan fingerprint density at radius 3 is 3.12 bits per heavy atom. The third kappa shape index (κ3) is 2.58. The van der Waals surface area contributed by atoms with Crippen LogP contribution < -0.4 is 0 Å². The summed E-state index contributed by atoms with van der Waals surface area (Å²) in [6.45, 7) is 2.96. The smallest absolute Gasteiger partial charge is 0.171 e. The zero-order valence-electron chi connectivity index (χ0n) is 9.22. The average molecular weight is 234 g/mol. The van der Waals surface area contributed by atoms with Gasteiger partial charge in [0, 0.05) is 24.0 Å². The maximum Gasteiger partial charge on any atom is 0.171 e. The zero-order valence-corrected chi connectivity index (χ0v) is 10.0. The number of ketones is 1. The van der Waals surface area contributed by atoms with Gasteiger partial charge in [0.15, 0.2) is 5.78 Å². The van der Waals surface area contributed by atoms with E-state index in [4.69, 9.17) is 0 Å². The molecular formula is C12H14N2OS. The number of hydrogen-bond donors (Lipinski definition) is 0. The fourth-order valence-corrected chi connectivity index (χ4v) is 2.24. The zero-order chi connectivity index (χ0) is 11.4. The van der Waals surface area contributed by atoms with Crippen molar-refractivity contribution in [2.45, 2.75) is 26.3 Å². The van der Waals surface area contributed by atoms with Gasteiger partial charge in [-0.25, -0.2) is 0 Å². The highest BCUT2D eigenvalue weighted by Crippen LogP contribution is 2.12. The van der Waals surface area contributed by atoms with E-state index in [2.05, 4.69) is 12.0 Å². The van der Waals surface area contributed by atoms with Crippen molar-refractivity contribution in [1.29, 1.82) is 0 Å². The first-order chi connectivity index (χ1) is 7.79. The van der Waals surface area contributed by atoms with Crippen molar-refractivity contribution < 1.29 is 4.79 Å². The first-order valence-corrected chi connectivity index (χ1v) is 6.25. The van der Waals surface area contributed by atoms with Crippen molar-refractivity contribution in [1.82, 2.24) is 9.78 Å². The highest BCUT2D eigenvalue weighted by molar-refractivity contribution is 7.10. The van der Waals surface area contributed by atoms with E-state index in [0.717, 1.165) is 17.8 Å². The number of carbonyl (C=O) groups is 1. The van der Waals surface area contributed by atoms with Gasteiger partial charge in [-0.05, 0) is 17.9 Å². The Morgan fingerprint density at radius 2 is 2.44 bits per heavy atom. The van der Waals surface area contributed by atoms with Crippen LogP contribution in [0.5, 0.6) is 0 Å². The third-order valence-electron chi connectivity index (χ3n) is 2.32. The second-order valence-electron chi connectivity index (χ2n) is 3.67. The topological polar surface area (TPSA) is 34.9 Å². The maximum atomic E-state index is 11.9. The summed E-state index contributed by atoms with van der Waals surface area (Å²) < 4.78 is 1.82. The molecule has 0 atom stereocenters. The summed E-state index contributed by atoms with van der Waals surface area (Å²) >= 11 is 1.61. The van der Waals surface area contributed by atoms with Crippen LogP contribution in [0.25, 0.3) is 0 Å². The normalized spacial score (nSPS) is 10.6. The third-order valence-corrected chi connectivity index (χ3v) is 3.20. The second kappa shape index (κ2) is 5.07. The van der Waals surface area contributed by atoms with Gasteiger partial charge in [-0.2, -0.15) is 5.10 Å². The van der Waals surface area contributed by atoms with Gasteiger partial charge in [-0.15, -0.1) is 11.3 Å². The fourth-order valence-electron chi connectivity index (χ4n) is 1.53. The molecule has 0 unspecified atom stereocenters. The van der Waals surface area contributed by atoms with Crippen LogP contribution in [-0.2, 0) is 13.0 Å². The van der Waals surface area contributed by atoms with Crippen LogP contribution in [0.4, 0.5) is 0 Å². The van der Waals surface area contributed by atoms with E-state index in [-0.39, 0.29) is 5.78 Å². The van der Waals surface area contributed by atoms with Crippen LogP contribution in [0.3, 0.4) is 0 Å². The summed E-state index contributed by atoms with van der Waals surface area (Å²) in [7, 11) is 0. The van der Waals surface area contributed by atoms with Crippen LogP contribution in [0.15, 0.2) is 29.9 Å². The highest BCUT2D eigenvalue weighted by atomic mass is 32.1. The molecule has 0 saturated carbocycles. The van der Waals surface area contributed by atoms with Gasteiger partial charge in [0.2, 0.25) is 0 Å². The molecule has 16 heavy (non-hydrogen) atoms. The molecule has 0 aliphatic rings. The molecule has 0 spiro atoms. The minimum absolute atomic E-state index is 0.143. The minimum atomic E-state index is 0.143. The first-order valence-electron chi connectivity index (χ1n) is 5.37. The minimum Gasteiger partial charge on any atom is -0.294 e. The molecule has 84 valence electrons. The van der Waals surface area contributed by atoms with Crippen LogP contribution in [0.2, 0.25) is 0 Å². The summed E-state index contributed by atoms with van der Waals surface area (Å²) in [6, 6.07) is 3.95. The van der Waals surface area contributed by atoms with E-state index in [1.165, 1.54) is 0 Å². The van der Waals surface area contributed by atoms with Gasteiger partial charge in [0.25, 0.3) is 0 Å². The van der Waals surface area contributed by atoms with Crippen LogP contribution in [-0.4, -0.2) is 15.6 Å². The standard InChI is InChI=1S/C12H14N2OS/c1-2-5-14-9-10(8-13-14)12(15)7-11-4-3-6-16-11/h3-4,6,8-9H,2,5,7H2,1H3. The predicted molar refractivity (Wildman–Crippen MR) is 64.9 cm³/mol. The fraction of sp³-hybridized carbons (Fsp3) is 0.333. The molecular weight excluding hydrogens is 220 g/mol. The molecule has 0 radical (unpaired) electrons. The summed E-state index contributed by atoms with van der Waals surface area (Å²) in [5.41, 5.74) is 0.710. The van der Waals surface area contributed by atoms with Gasteiger partial charge in [-0.3, -0.25) is 9.48 Å². The predicted octanol–water partition coefficient (Wildman–Crippen LogP) is 2.78. The van der Waals surface area contributed by atoms with Gasteiger partial charge >= 0.3 is 0 Å². The summed E-state index contributed by atoms with van der Waals surface area (Å²) in [4.78, 5) is 13.0. The van der Waals surface area contributed by atoms with Crippen molar-refractivity contribution in [2.24, 2.45) is 0 Å². The average Bonchev–Trinajstić information content (AvgIpc) is 2.89. The molecule has 0 N–H and O–H groups in total. The van der Waals surface area contributed by atoms with Crippen molar-refractivity contribution in [3.8, 4) is 0 Å². The molecule has 0 bridgehead atoms. The molecule has 4 heteroatoms. The Kier molecular flexibility index (Phi) is 3.51. The Bertz CT molecular complexity index is 459. The Morgan fingerprint density at radius 1 is 1.56 bits per heavy atom.